The maximum absolute atomic E-state index is 12.0. The van der Waals surface area contributed by atoms with E-state index >= 15 is 0 Å². The molecule has 1 amide bonds. The molecule has 0 saturated carbocycles. The van der Waals surface area contributed by atoms with Crippen LogP contribution < -0.4 is 15.8 Å². The lowest BCUT2D eigenvalue weighted by atomic mass is 10.2. The van der Waals surface area contributed by atoms with Crippen LogP contribution in [-0.2, 0) is 6.54 Å². The van der Waals surface area contributed by atoms with Gasteiger partial charge in [-0.2, -0.15) is 8.78 Å². The first-order chi connectivity index (χ1) is 10.1. The predicted molar refractivity (Wildman–Crippen MR) is 71.0 cm³/mol. The van der Waals surface area contributed by atoms with Crippen molar-refractivity contribution in [2.45, 2.75) is 13.2 Å². The smallest absolute Gasteiger partial charge is 0.387 e. The van der Waals surface area contributed by atoms with E-state index in [2.05, 4.69) is 20.0 Å². The maximum atomic E-state index is 12.0. The molecule has 0 atom stereocenters. The van der Waals surface area contributed by atoms with Gasteiger partial charge in [0.2, 0.25) is 0 Å². The third kappa shape index (κ3) is 4.10. The summed E-state index contributed by atoms with van der Waals surface area (Å²) in [6.07, 6.45) is 4.07. The lowest BCUT2D eigenvalue weighted by molar-refractivity contribution is -0.0500. The number of alkyl halides is 2. The monoisotopic (exact) mass is 294 g/mol. The van der Waals surface area contributed by atoms with E-state index in [9.17, 15) is 13.6 Å². The van der Waals surface area contributed by atoms with Crippen molar-refractivity contribution in [2.75, 3.05) is 5.32 Å². The molecule has 0 aliphatic carbocycles. The van der Waals surface area contributed by atoms with Crippen molar-refractivity contribution < 1.29 is 18.3 Å². The van der Waals surface area contributed by atoms with Crippen molar-refractivity contribution in [3.8, 4) is 5.75 Å². The first kappa shape index (κ1) is 14.6. The molecular weight excluding hydrogens is 282 g/mol. The Morgan fingerprint density at radius 3 is 2.76 bits per heavy atom. The first-order valence-corrected chi connectivity index (χ1v) is 5.93. The van der Waals surface area contributed by atoms with E-state index in [1.54, 1.807) is 6.07 Å². The molecule has 0 spiro atoms. The molecule has 6 nitrogen and oxygen atoms in total. The van der Waals surface area contributed by atoms with Gasteiger partial charge in [0.25, 0.3) is 5.91 Å². The van der Waals surface area contributed by atoms with Crippen molar-refractivity contribution >= 4 is 11.6 Å². The standard InChI is InChI=1S/C13H12F2N4O2/c14-13(15)21-9-2-1-8(18-6-9)5-19-11-3-4-17-7-10(11)12(16)20/h1-4,6-7,13H,5H2,(H2,16,20)(H,17,19). The van der Waals surface area contributed by atoms with Crippen LogP contribution in [0.3, 0.4) is 0 Å². The quantitative estimate of drug-likeness (QED) is 0.847. The minimum absolute atomic E-state index is 0.0181. The number of anilines is 1. The summed E-state index contributed by atoms with van der Waals surface area (Å²) < 4.78 is 28.2. The van der Waals surface area contributed by atoms with Gasteiger partial charge in [-0.25, -0.2) is 0 Å². The van der Waals surface area contributed by atoms with E-state index in [1.807, 2.05) is 0 Å². The molecule has 0 radical (unpaired) electrons. The Bertz CT molecular complexity index is 620. The zero-order valence-electron chi connectivity index (χ0n) is 10.8. The topological polar surface area (TPSA) is 90.1 Å². The SMILES string of the molecule is NC(=O)c1cnccc1NCc1ccc(OC(F)F)cn1. The highest BCUT2D eigenvalue weighted by Gasteiger charge is 2.08. The number of aromatic nitrogens is 2. The van der Waals surface area contributed by atoms with Gasteiger partial charge in [-0.15, -0.1) is 0 Å². The second kappa shape index (κ2) is 6.60. The Labute approximate surface area is 119 Å². The molecule has 2 aromatic heterocycles. The van der Waals surface area contributed by atoms with E-state index in [-0.39, 0.29) is 11.3 Å². The molecule has 3 N–H and O–H groups in total. The molecule has 0 aromatic carbocycles. The van der Waals surface area contributed by atoms with Crippen LogP contribution in [0.15, 0.2) is 36.8 Å². The Morgan fingerprint density at radius 2 is 2.14 bits per heavy atom. The minimum Gasteiger partial charge on any atom is -0.433 e. The second-order valence-corrected chi connectivity index (χ2v) is 4.00. The number of carbonyl (C=O) groups is 1. The number of nitrogens with one attached hydrogen (secondary N) is 1. The van der Waals surface area contributed by atoms with Gasteiger partial charge in [0, 0.05) is 12.4 Å². The normalized spacial score (nSPS) is 10.4. The van der Waals surface area contributed by atoms with Gasteiger partial charge in [0.05, 0.1) is 29.7 Å². The number of hydrogen-bond donors (Lipinski definition) is 2. The van der Waals surface area contributed by atoms with E-state index < -0.39 is 12.5 Å². The van der Waals surface area contributed by atoms with Crippen molar-refractivity contribution in [3.63, 3.8) is 0 Å². The van der Waals surface area contributed by atoms with E-state index in [4.69, 9.17) is 5.73 Å². The van der Waals surface area contributed by atoms with E-state index in [1.165, 1.54) is 30.7 Å². The number of nitrogens with two attached hydrogens (primary N) is 1. The molecule has 110 valence electrons. The van der Waals surface area contributed by atoms with Gasteiger partial charge in [-0.3, -0.25) is 14.8 Å². The Balaban J connectivity index is 2.02. The van der Waals surface area contributed by atoms with Gasteiger partial charge >= 0.3 is 6.61 Å². The number of pyridine rings is 2. The molecule has 0 aliphatic rings. The molecule has 2 rings (SSSR count). The summed E-state index contributed by atoms with van der Waals surface area (Å²) in [4.78, 5) is 19.0. The largest absolute Gasteiger partial charge is 0.433 e. The van der Waals surface area contributed by atoms with Crippen LogP contribution in [0.2, 0.25) is 0 Å². The highest BCUT2D eigenvalue weighted by molar-refractivity contribution is 5.98. The zero-order valence-corrected chi connectivity index (χ0v) is 10.8. The molecule has 8 heteroatoms. The van der Waals surface area contributed by atoms with Crippen molar-refractivity contribution in [2.24, 2.45) is 5.73 Å². The van der Waals surface area contributed by atoms with Crippen LogP contribution in [0.4, 0.5) is 14.5 Å². The summed E-state index contributed by atoms with van der Waals surface area (Å²) in [5.41, 5.74) is 6.59. The molecular formula is C13H12F2N4O2. The fourth-order valence-electron chi connectivity index (χ4n) is 1.62. The number of amides is 1. The van der Waals surface area contributed by atoms with E-state index in [0.29, 0.717) is 17.9 Å². The highest BCUT2D eigenvalue weighted by atomic mass is 19.3. The first-order valence-electron chi connectivity index (χ1n) is 5.93. The van der Waals surface area contributed by atoms with Crippen LogP contribution >= 0.6 is 0 Å². The molecule has 0 aliphatic heterocycles. The molecule has 21 heavy (non-hydrogen) atoms. The van der Waals surface area contributed by atoms with Crippen LogP contribution in [0, 0.1) is 0 Å². The van der Waals surface area contributed by atoms with Gasteiger partial charge in [0.15, 0.2) is 0 Å². The number of rotatable bonds is 6. The fraction of sp³-hybridized carbons (Fsp3) is 0.154. The number of nitrogens with zero attached hydrogens (tertiary/aromatic N) is 2. The molecule has 0 bridgehead atoms. The Hall–Kier alpha value is -2.77. The average molecular weight is 294 g/mol. The number of primary amides is 1. The maximum Gasteiger partial charge on any atom is 0.387 e. The highest BCUT2D eigenvalue weighted by Crippen LogP contribution is 2.15. The molecule has 2 aromatic rings. The summed E-state index contributed by atoms with van der Waals surface area (Å²) in [5, 5.41) is 2.98. The molecule has 0 saturated heterocycles. The zero-order chi connectivity index (χ0) is 15.2. The van der Waals surface area contributed by atoms with Gasteiger partial charge < -0.3 is 15.8 Å². The van der Waals surface area contributed by atoms with Gasteiger partial charge in [0.1, 0.15) is 5.75 Å². The lowest BCUT2D eigenvalue weighted by Gasteiger charge is -2.09. The number of hydrogen-bond acceptors (Lipinski definition) is 5. The number of ether oxygens (including phenoxy) is 1. The Kier molecular flexibility index (Phi) is 4.60. The number of carbonyl (C=O) groups excluding carboxylic acids is 1. The van der Waals surface area contributed by atoms with Crippen LogP contribution in [0.1, 0.15) is 16.1 Å². The fourth-order valence-corrected chi connectivity index (χ4v) is 1.62. The molecule has 0 fully saturated rings. The van der Waals surface area contributed by atoms with E-state index in [0.717, 1.165) is 0 Å². The molecule has 0 unspecified atom stereocenters. The average Bonchev–Trinajstić information content (AvgIpc) is 2.46. The summed E-state index contributed by atoms with van der Waals surface area (Å²) >= 11 is 0. The number of halogens is 2. The Morgan fingerprint density at radius 1 is 1.33 bits per heavy atom. The van der Waals surface area contributed by atoms with Crippen molar-refractivity contribution in [1.29, 1.82) is 0 Å². The van der Waals surface area contributed by atoms with Crippen LogP contribution in [0.25, 0.3) is 0 Å². The van der Waals surface area contributed by atoms with Crippen LogP contribution in [-0.4, -0.2) is 22.5 Å². The summed E-state index contributed by atoms with van der Waals surface area (Å²) in [6, 6.07) is 4.53. The molecule has 2 heterocycles. The van der Waals surface area contributed by atoms with Gasteiger partial charge in [-0.05, 0) is 18.2 Å². The minimum atomic E-state index is -2.88. The second-order valence-electron chi connectivity index (χ2n) is 4.00. The summed E-state index contributed by atoms with van der Waals surface area (Å²) in [7, 11) is 0. The van der Waals surface area contributed by atoms with Crippen LogP contribution in [0.5, 0.6) is 5.75 Å². The summed E-state index contributed by atoms with van der Waals surface area (Å²) in [6.45, 7) is -2.59. The third-order valence-electron chi connectivity index (χ3n) is 2.57. The van der Waals surface area contributed by atoms with Crippen molar-refractivity contribution in [1.82, 2.24) is 9.97 Å². The lowest BCUT2D eigenvalue weighted by Crippen LogP contribution is -2.15. The van der Waals surface area contributed by atoms with Crippen molar-refractivity contribution in [3.05, 3.63) is 48.0 Å². The third-order valence-corrected chi connectivity index (χ3v) is 2.57. The predicted octanol–water partition coefficient (Wildman–Crippen LogP) is 1.79. The summed E-state index contributed by atoms with van der Waals surface area (Å²) in [5.74, 6) is -0.616. The van der Waals surface area contributed by atoms with Gasteiger partial charge in [-0.1, -0.05) is 0 Å².